The number of hydrogen-bond donors (Lipinski definition) is 1. The number of thiazole rings is 1. The van der Waals surface area contributed by atoms with Gasteiger partial charge in [0, 0.05) is 42.9 Å². The van der Waals surface area contributed by atoms with Crippen LogP contribution in [0, 0.1) is 0 Å². The Bertz CT molecular complexity index is 745. The van der Waals surface area contributed by atoms with Crippen LogP contribution < -0.4 is 5.32 Å². The van der Waals surface area contributed by atoms with Crippen molar-refractivity contribution in [3.8, 4) is 0 Å². The highest BCUT2D eigenvalue weighted by molar-refractivity contribution is 7.15. The van der Waals surface area contributed by atoms with Crippen LogP contribution in [-0.2, 0) is 4.79 Å². The molecular formula is C17H25N5O2S. The van der Waals surface area contributed by atoms with E-state index < -0.39 is 0 Å². The SMILES string of the molecule is CC(C)NC(=O)CN(C)C1CCN(C(=O)c2csc3nccn23)CC1. The van der Waals surface area contributed by atoms with Crippen LogP contribution in [0.25, 0.3) is 4.96 Å². The molecule has 0 radical (unpaired) electrons. The zero-order valence-electron chi connectivity index (χ0n) is 14.9. The summed E-state index contributed by atoms with van der Waals surface area (Å²) in [6.45, 7) is 5.75. The van der Waals surface area contributed by atoms with Crippen molar-refractivity contribution in [2.75, 3.05) is 26.7 Å². The fraction of sp³-hybridized carbons (Fsp3) is 0.588. The van der Waals surface area contributed by atoms with E-state index in [0.29, 0.717) is 31.4 Å². The van der Waals surface area contributed by atoms with E-state index in [1.165, 1.54) is 11.3 Å². The van der Waals surface area contributed by atoms with E-state index in [9.17, 15) is 9.59 Å². The van der Waals surface area contributed by atoms with Crippen LogP contribution in [0.4, 0.5) is 0 Å². The van der Waals surface area contributed by atoms with E-state index in [4.69, 9.17) is 0 Å². The minimum Gasteiger partial charge on any atom is -0.353 e. The molecule has 1 saturated heterocycles. The summed E-state index contributed by atoms with van der Waals surface area (Å²) >= 11 is 1.48. The largest absolute Gasteiger partial charge is 0.353 e. The topological polar surface area (TPSA) is 70.0 Å². The molecule has 1 N–H and O–H groups in total. The number of piperidine rings is 1. The van der Waals surface area contributed by atoms with Crippen molar-refractivity contribution in [3.05, 3.63) is 23.5 Å². The molecule has 0 saturated carbocycles. The maximum absolute atomic E-state index is 12.8. The summed E-state index contributed by atoms with van der Waals surface area (Å²) in [7, 11) is 1.98. The molecule has 3 rings (SSSR count). The van der Waals surface area contributed by atoms with Crippen molar-refractivity contribution in [1.82, 2.24) is 24.5 Å². The number of amides is 2. The Kier molecular flexibility index (Phi) is 5.39. The second-order valence-corrected chi connectivity index (χ2v) is 7.70. The van der Waals surface area contributed by atoms with Gasteiger partial charge in [-0.1, -0.05) is 0 Å². The van der Waals surface area contributed by atoms with Crippen LogP contribution in [0.5, 0.6) is 0 Å². The number of carbonyl (C=O) groups is 2. The lowest BCUT2D eigenvalue weighted by Crippen LogP contribution is -2.48. The van der Waals surface area contributed by atoms with Crippen LogP contribution >= 0.6 is 11.3 Å². The summed E-state index contributed by atoms with van der Waals surface area (Å²) in [5.74, 6) is 0.111. The lowest BCUT2D eigenvalue weighted by atomic mass is 10.0. The molecule has 7 nitrogen and oxygen atoms in total. The molecule has 2 aromatic heterocycles. The highest BCUT2D eigenvalue weighted by atomic mass is 32.1. The summed E-state index contributed by atoms with van der Waals surface area (Å²) in [5.41, 5.74) is 0.681. The molecule has 25 heavy (non-hydrogen) atoms. The van der Waals surface area contributed by atoms with Gasteiger partial charge in [0.05, 0.1) is 6.54 Å². The van der Waals surface area contributed by atoms with Crippen molar-refractivity contribution in [2.45, 2.75) is 38.8 Å². The minimum atomic E-state index is 0.0526. The molecule has 0 bridgehead atoms. The molecule has 1 fully saturated rings. The van der Waals surface area contributed by atoms with Gasteiger partial charge >= 0.3 is 0 Å². The monoisotopic (exact) mass is 363 g/mol. The molecule has 1 aliphatic rings. The standard InChI is InChI=1S/C17H25N5O2S/c1-12(2)19-15(23)10-20(3)13-4-7-21(8-5-13)16(24)14-11-25-17-18-6-9-22(14)17/h6,9,11-13H,4-5,7-8,10H2,1-3H3,(H,19,23). The third kappa shape index (κ3) is 4.01. The van der Waals surface area contributed by atoms with Gasteiger partial charge in [-0.25, -0.2) is 4.98 Å². The van der Waals surface area contributed by atoms with E-state index in [1.807, 2.05) is 41.8 Å². The zero-order valence-corrected chi connectivity index (χ0v) is 15.8. The van der Waals surface area contributed by atoms with E-state index in [0.717, 1.165) is 17.8 Å². The first-order valence-corrected chi connectivity index (χ1v) is 9.53. The van der Waals surface area contributed by atoms with Crippen molar-refractivity contribution in [3.63, 3.8) is 0 Å². The fourth-order valence-electron chi connectivity index (χ4n) is 3.27. The molecular weight excluding hydrogens is 338 g/mol. The van der Waals surface area contributed by atoms with Gasteiger partial charge in [0.2, 0.25) is 5.91 Å². The summed E-state index contributed by atoms with van der Waals surface area (Å²) in [6, 6.07) is 0.490. The molecule has 1 aliphatic heterocycles. The average Bonchev–Trinajstić information content (AvgIpc) is 3.16. The Balaban J connectivity index is 1.54. The molecule has 0 aromatic carbocycles. The van der Waals surface area contributed by atoms with E-state index >= 15 is 0 Å². The summed E-state index contributed by atoms with van der Waals surface area (Å²) in [5, 5.41) is 4.79. The quantitative estimate of drug-likeness (QED) is 0.873. The lowest BCUT2D eigenvalue weighted by molar-refractivity contribution is -0.123. The van der Waals surface area contributed by atoms with Crippen LogP contribution in [0.1, 0.15) is 37.2 Å². The summed E-state index contributed by atoms with van der Waals surface area (Å²) in [4.78, 5) is 33.7. The highest BCUT2D eigenvalue weighted by Crippen LogP contribution is 2.20. The minimum absolute atomic E-state index is 0.0526. The number of likely N-dealkylation sites (tertiary alicyclic amines) is 1. The van der Waals surface area contributed by atoms with Gasteiger partial charge in [-0.15, -0.1) is 11.3 Å². The van der Waals surface area contributed by atoms with Crippen LogP contribution in [0.15, 0.2) is 17.8 Å². The smallest absolute Gasteiger partial charge is 0.271 e. The Morgan fingerprint density at radius 1 is 1.40 bits per heavy atom. The first kappa shape index (κ1) is 17.9. The first-order valence-electron chi connectivity index (χ1n) is 8.65. The van der Waals surface area contributed by atoms with Crippen molar-refractivity contribution < 1.29 is 9.59 Å². The zero-order chi connectivity index (χ0) is 18.0. The molecule has 3 heterocycles. The van der Waals surface area contributed by atoms with Crippen LogP contribution in [0.2, 0.25) is 0 Å². The first-order chi connectivity index (χ1) is 12.0. The normalized spacial score (nSPS) is 16.1. The van der Waals surface area contributed by atoms with Crippen LogP contribution in [-0.4, -0.2) is 69.8 Å². The molecule has 8 heteroatoms. The number of nitrogens with zero attached hydrogens (tertiary/aromatic N) is 4. The maximum Gasteiger partial charge on any atom is 0.271 e. The maximum atomic E-state index is 12.8. The molecule has 0 unspecified atom stereocenters. The number of fused-ring (bicyclic) bond motifs is 1. The fourth-order valence-corrected chi connectivity index (χ4v) is 4.10. The van der Waals surface area contributed by atoms with E-state index in [2.05, 4.69) is 15.2 Å². The lowest BCUT2D eigenvalue weighted by Gasteiger charge is -2.36. The van der Waals surface area contributed by atoms with Gasteiger partial charge in [0.1, 0.15) is 5.69 Å². The van der Waals surface area contributed by atoms with Gasteiger partial charge in [-0.05, 0) is 33.7 Å². The Morgan fingerprint density at radius 3 is 2.80 bits per heavy atom. The van der Waals surface area contributed by atoms with Crippen LogP contribution in [0.3, 0.4) is 0 Å². The number of hydrogen-bond acceptors (Lipinski definition) is 5. The van der Waals surface area contributed by atoms with Gasteiger partial charge in [0.25, 0.3) is 5.91 Å². The number of nitrogens with one attached hydrogen (secondary N) is 1. The molecule has 0 aliphatic carbocycles. The number of rotatable bonds is 5. The predicted octanol–water partition coefficient (Wildman–Crippen LogP) is 1.46. The van der Waals surface area contributed by atoms with Crippen molar-refractivity contribution in [2.24, 2.45) is 0 Å². The highest BCUT2D eigenvalue weighted by Gasteiger charge is 2.28. The third-order valence-electron chi connectivity index (χ3n) is 4.58. The molecule has 2 aromatic rings. The molecule has 2 amide bonds. The second kappa shape index (κ2) is 7.53. The summed E-state index contributed by atoms with van der Waals surface area (Å²) < 4.78 is 1.85. The van der Waals surface area contributed by atoms with Gasteiger partial charge < -0.3 is 10.2 Å². The molecule has 0 atom stereocenters. The van der Waals surface area contributed by atoms with Crippen molar-refractivity contribution >= 4 is 28.1 Å². The number of aromatic nitrogens is 2. The number of carbonyl (C=O) groups excluding carboxylic acids is 2. The van der Waals surface area contributed by atoms with Gasteiger partial charge in [-0.2, -0.15) is 0 Å². The predicted molar refractivity (Wildman–Crippen MR) is 97.9 cm³/mol. The number of imidazole rings is 1. The Morgan fingerprint density at radius 2 is 2.12 bits per heavy atom. The van der Waals surface area contributed by atoms with E-state index in [1.54, 1.807) is 6.20 Å². The van der Waals surface area contributed by atoms with Gasteiger partial charge in [-0.3, -0.25) is 18.9 Å². The Hall–Kier alpha value is -1.93. The van der Waals surface area contributed by atoms with Gasteiger partial charge in [0.15, 0.2) is 4.96 Å². The number of likely N-dealkylation sites (N-methyl/N-ethyl adjacent to an activating group) is 1. The molecule has 0 spiro atoms. The van der Waals surface area contributed by atoms with Crippen molar-refractivity contribution in [1.29, 1.82) is 0 Å². The third-order valence-corrected chi connectivity index (χ3v) is 5.43. The Labute approximate surface area is 151 Å². The summed E-state index contributed by atoms with van der Waals surface area (Å²) in [6.07, 6.45) is 5.31. The average molecular weight is 363 g/mol. The second-order valence-electron chi connectivity index (χ2n) is 6.86. The van der Waals surface area contributed by atoms with E-state index in [-0.39, 0.29) is 17.9 Å². The molecule has 136 valence electrons.